The third-order valence-electron chi connectivity index (χ3n) is 7.44. The average Bonchev–Trinajstić information content (AvgIpc) is 3.51. The number of benzene rings is 2. The number of methoxy groups -OCH3 is 1. The molecule has 0 bridgehead atoms. The first-order valence-corrected chi connectivity index (χ1v) is 13.3. The van der Waals surface area contributed by atoms with Gasteiger partial charge in [0.25, 0.3) is 5.56 Å². The summed E-state index contributed by atoms with van der Waals surface area (Å²) in [6.07, 6.45) is 1.41. The van der Waals surface area contributed by atoms with E-state index in [0.717, 1.165) is 42.4 Å². The Morgan fingerprint density at radius 3 is 2.69 bits per heavy atom. The Morgan fingerprint density at radius 1 is 1.17 bits per heavy atom. The Morgan fingerprint density at radius 2 is 1.97 bits per heavy atom. The van der Waals surface area contributed by atoms with Crippen LogP contribution in [0.3, 0.4) is 0 Å². The van der Waals surface area contributed by atoms with Gasteiger partial charge in [-0.2, -0.15) is 0 Å². The molecule has 0 radical (unpaired) electrons. The van der Waals surface area contributed by atoms with Crippen molar-refractivity contribution < 1.29 is 13.5 Å². The normalized spacial score (nSPS) is 19.6. The predicted octanol–water partition coefficient (Wildman–Crippen LogP) is 4.64. The quantitative estimate of drug-likeness (QED) is 0.501. The number of nitrogens with one attached hydrogen (secondary N) is 1. The van der Waals surface area contributed by atoms with Gasteiger partial charge in [0.15, 0.2) is 11.6 Å². The van der Waals surface area contributed by atoms with Gasteiger partial charge in [-0.3, -0.25) is 14.3 Å². The van der Waals surface area contributed by atoms with Crippen molar-refractivity contribution in [1.29, 1.82) is 0 Å². The van der Waals surface area contributed by atoms with Crippen LogP contribution in [0.1, 0.15) is 29.2 Å². The molecule has 2 atom stereocenters. The molecule has 1 unspecified atom stereocenters. The second-order valence-corrected chi connectivity index (χ2v) is 10.6. The van der Waals surface area contributed by atoms with Crippen molar-refractivity contribution in [2.45, 2.75) is 36.9 Å². The first-order chi connectivity index (χ1) is 17.4. The standard InChI is InChI=1S/C28H31F2N3O2S/c1-17-22(13-18-7-4-5-9-23(18)29)28-33(20(16-36-28)15-32-12-11-19(14-32)31-2)27(34)25(17)21-8-6-10-24(35-3)26(21)30/h4-10,19-20,31H,11-16H2,1-3H3/t19-,20?/m0/s1. The van der Waals surface area contributed by atoms with Crippen LogP contribution in [0.5, 0.6) is 5.75 Å². The molecule has 2 aromatic carbocycles. The summed E-state index contributed by atoms with van der Waals surface area (Å²) in [7, 11) is 3.39. The van der Waals surface area contributed by atoms with E-state index in [2.05, 4.69) is 10.2 Å². The highest BCUT2D eigenvalue weighted by Crippen LogP contribution is 2.41. The molecular formula is C28H31F2N3O2S. The molecular weight excluding hydrogens is 480 g/mol. The number of thioether (sulfide) groups is 1. The summed E-state index contributed by atoms with van der Waals surface area (Å²) in [4.78, 5) is 16.4. The van der Waals surface area contributed by atoms with Gasteiger partial charge in [-0.25, -0.2) is 8.78 Å². The molecule has 1 fully saturated rings. The van der Waals surface area contributed by atoms with Crippen molar-refractivity contribution >= 4 is 11.8 Å². The van der Waals surface area contributed by atoms with E-state index in [1.165, 1.54) is 13.2 Å². The van der Waals surface area contributed by atoms with Gasteiger partial charge in [0.1, 0.15) is 5.82 Å². The number of pyridine rings is 1. The molecule has 1 aromatic heterocycles. The van der Waals surface area contributed by atoms with Crippen LogP contribution in [-0.4, -0.2) is 55.1 Å². The second-order valence-electron chi connectivity index (χ2n) is 9.55. The fourth-order valence-electron chi connectivity index (χ4n) is 5.45. The third-order valence-corrected chi connectivity index (χ3v) is 8.71. The number of likely N-dealkylation sites (N-methyl/N-ethyl adjacent to an activating group) is 1. The van der Waals surface area contributed by atoms with Crippen LogP contribution in [0, 0.1) is 18.6 Å². The fourth-order valence-corrected chi connectivity index (χ4v) is 6.83. The van der Waals surface area contributed by atoms with Gasteiger partial charge in [-0.1, -0.05) is 30.3 Å². The third kappa shape index (κ3) is 4.46. The van der Waals surface area contributed by atoms with E-state index in [0.29, 0.717) is 29.2 Å². The van der Waals surface area contributed by atoms with Gasteiger partial charge in [0.05, 0.1) is 23.7 Å². The van der Waals surface area contributed by atoms with Crippen LogP contribution in [0.15, 0.2) is 52.3 Å². The smallest absolute Gasteiger partial charge is 0.260 e. The van der Waals surface area contributed by atoms with Crippen molar-refractivity contribution in [3.63, 3.8) is 0 Å². The lowest BCUT2D eigenvalue weighted by Crippen LogP contribution is -2.36. The monoisotopic (exact) mass is 511 g/mol. The van der Waals surface area contributed by atoms with Gasteiger partial charge >= 0.3 is 0 Å². The van der Waals surface area contributed by atoms with E-state index in [1.807, 2.05) is 24.6 Å². The number of hydrogen-bond acceptors (Lipinski definition) is 5. The molecule has 1 saturated heterocycles. The van der Waals surface area contributed by atoms with Crippen LogP contribution in [0.2, 0.25) is 0 Å². The zero-order chi connectivity index (χ0) is 25.4. The number of hydrogen-bond donors (Lipinski definition) is 1. The number of fused-ring (bicyclic) bond motifs is 1. The Balaban J connectivity index is 1.66. The lowest BCUT2D eigenvalue weighted by Gasteiger charge is -2.24. The van der Waals surface area contributed by atoms with Crippen LogP contribution in [-0.2, 0) is 6.42 Å². The van der Waals surface area contributed by atoms with Gasteiger partial charge in [-0.05, 0) is 55.8 Å². The zero-order valence-electron chi connectivity index (χ0n) is 20.8. The fraction of sp³-hybridized carbons (Fsp3) is 0.393. The van der Waals surface area contributed by atoms with E-state index in [4.69, 9.17) is 4.74 Å². The van der Waals surface area contributed by atoms with Crippen molar-refractivity contribution in [1.82, 2.24) is 14.8 Å². The predicted molar refractivity (Wildman–Crippen MR) is 140 cm³/mol. The SMILES string of the molecule is CN[C@H]1CCN(CC2CSc3c(Cc4ccccc4F)c(C)c(-c4cccc(OC)c4F)c(=O)n32)C1. The number of nitrogens with zero attached hydrogens (tertiary/aromatic N) is 2. The summed E-state index contributed by atoms with van der Waals surface area (Å²) in [5, 5.41) is 4.20. The Kier molecular flexibility index (Phi) is 7.19. The number of halogens is 2. The molecule has 0 spiro atoms. The van der Waals surface area contributed by atoms with Gasteiger partial charge in [-0.15, -0.1) is 11.8 Å². The molecule has 1 N–H and O–H groups in total. The average molecular weight is 512 g/mol. The van der Waals surface area contributed by atoms with Crippen molar-refractivity contribution in [3.05, 3.63) is 81.1 Å². The van der Waals surface area contributed by atoms with E-state index in [-0.39, 0.29) is 28.7 Å². The number of aromatic nitrogens is 1. The van der Waals surface area contributed by atoms with Crippen molar-refractivity contribution in [3.8, 4) is 16.9 Å². The topological polar surface area (TPSA) is 46.5 Å². The lowest BCUT2D eigenvalue weighted by atomic mass is 9.94. The highest BCUT2D eigenvalue weighted by atomic mass is 32.2. The van der Waals surface area contributed by atoms with Crippen LogP contribution < -0.4 is 15.6 Å². The molecule has 3 heterocycles. The first-order valence-electron chi connectivity index (χ1n) is 12.3. The summed E-state index contributed by atoms with van der Waals surface area (Å²) in [5.41, 5.74) is 2.45. The Labute approximate surface area is 214 Å². The molecule has 2 aliphatic rings. The minimum atomic E-state index is -0.559. The van der Waals surface area contributed by atoms with Crippen LogP contribution in [0.4, 0.5) is 8.78 Å². The molecule has 5 rings (SSSR count). The molecule has 0 saturated carbocycles. The lowest BCUT2D eigenvalue weighted by molar-refractivity contribution is 0.279. The molecule has 0 aliphatic carbocycles. The molecule has 36 heavy (non-hydrogen) atoms. The molecule has 5 nitrogen and oxygen atoms in total. The second kappa shape index (κ2) is 10.4. The van der Waals surface area contributed by atoms with Gasteiger partial charge < -0.3 is 10.1 Å². The number of likely N-dealkylation sites (tertiary alicyclic amines) is 1. The number of ether oxygens (including phenoxy) is 1. The molecule has 8 heteroatoms. The van der Waals surface area contributed by atoms with Gasteiger partial charge in [0, 0.05) is 36.9 Å². The summed E-state index contributed by atoms with van der Waals surface area (Å²) < 4.78 is 37.2. The summed E-state index contributed by atoms with van der Waals surface area (Å²) in [5.74, 6) is -0.000543. The maximum atomic E-state index is 15.4. The Bertz CT molecular complexity index is 1340. The maximum Gasteiger partial charge on any atom is 0.260 e. The molecule has 0 amide bonds. The van der Waals surface area contributed by atoms with E-state index in [1.54, 1.807) is 42.1 Å². The highest BCUT2D eigenvalue weighted by Gasteiger charge is 2.34. The minimum Gasteiger partial charge on any atom is -0.494 e. The molecule has 3 aromatic rings. The highest BCUT2D eigenvalue weighted by molar-refractivity contribution is 7.99. The zero-order valence-corrected chi connectivity index (χ0v) is 21.6. The van der Waals surface area contributed by atoms with Crippen LogP contribution >= 0.6 is 11.8 Å². The molecule has 2 aliphatic heterocycles. The molecule has 190 valence electrons. The van der Waals surface area contributed by atoms with Gasteiger partial charge in [0.2, 0.25) is 0 Å². The van der Waals surface area contributed by atoms with Crippen LogP contribution in [0.25, 0.3) is 11.1 Å². The summed E-state index contributed by atoms with van der Waals surface area (Å²) >= 11 is 1.64. The number of rotatable bonds is 7. The largest absolute Gasteiger partial charge is 0.494 e. The summed E-state index contributed by atoms with van der Waals surface area (Å²) in [6.45, 7) is 4.51. The Hall–Kier alpha value is -2.68. The van der Waals surface area contributed by atoms with Crippen molar-refractivity contribution in [2.75, 3.05) is 39.5 Å². The van der Waals surface area contributed by atoms with E-state index < -0.39 is 5.82 Å². The van der Waals surface area contributed by atoms with E-state index in [9.17, 15) is 9.18 Å². The van der Waals surface area contributed by atoms with Crippen molar-refractivity contribution in [2.24, 2.45) is 0 Å². The maximum absolute atomic E-state index is 15.4. The van der Waals surface area contributed by atoms with E-state index >= 15 is 4.39 Å². The summed E-state index contributed by atoms with van der Waals surface area (Å²) in [6, 6.07) is 12.0. The first kappa shape index (κ1) is 25.0. The minimum absolute atomic E-state index is 0.0412.